The van der Waals surface area contributed by atoms with Crippen LogP contribution in [0.15, 0.2) is 18.2 Å². The molecule has 6 nitrogen and oxygen atoms in total. The van der Waals surface area contributed by atoms with Gasteiger partial charge in [0.25, 0.3) is 5.91 Å². The zero-order chi connectivity index (χ0) is 23.2. The summed E-state index contributed by atoms with van der Waals surface area (Å²) in [5.74, 6) is -0.688. The van der Waals surface area contributed by atoms with Crippen LogP contribution in [0, 0.1) is 5.92 Å². The second kappa shape index (κ2) is 11.5. The van der Waals surface area contributed by atoms with E-state index in [1.54, 1.807) is 18.1 Å². The van der Waals surface area contributed by atoms with E-state index >= 15 is 0 Å². The van der Waals surface area contributed by atoms with Gasteiger partial charge < -0.3 is 15.0 Å². The first-order chi connectivity index (χ1) is 14.5. The average molecular weight is 476 g/mol. The number of benzene rings is 1. The quantitative estimate of drug-likeness (QED) is 0.622. The molecule has 0 aromatic heterocycles. The molecular formula is C22H32Cl2FN3O3. The Morgan fingerprint density at radius 2 is 1.90 bits per heavy atom. The topological polar surface area (TPSA) is 61.9 Å². The van der Waals surface area contributed by atoms with Crippen molar-refractivity contribution in [2.75, 3.05) is 46.4 Å². The minimum atomic E-state index is -1.13. The van der Waals surface area contributed by atoms with Gasteiger partial charge in [-0.2, -0.15) is 0 Å². The predicted octanol–water partition coefficient (Wildman–Crippen LogP) is 3.66. The van der Waals surface area contributed by atoms with Crippen LogP contribution in [0.5, 0.6) is 0 Å². The van der Waals surface area contributed by atoms with Gasteiger partial charge >= 0.3 is 0 Å². The second-order valence-corrected chi connectivity index (χ2v) is 9.75. The van der Waals surface area contributed by atoms with E-state index in [9.17, 15) is 14.0 Å². The van der Waals surface area contributed by atoms with Crippen LogP contribution in [-0.4, -0.2) is 79.8 Å². The zero-order valence-corrected chi connectivity index (χ0v) is 20.1. The zero-order valence-electron chi connectivity index (χ0n) is 18.6. The maximum absolute atomic E-state index is 14.8. The monoisotopic (exact) mass is 475 g/mol. The first-order valence-corrected chi connectivity index (χ1v) is 11.2. The summed E-state index contributed by atoms with van der Waals surface area (Å²) in [6.45, 7) is 8.01. The lowest BCUT2D eigenvalue weighted by Gasteiger charge is -2.39. The number of nitrogens with zero attached hydrogens (tertiary/aromatic N) is 2. The number of hydrogen-bond acceptors (Lipinski definition) is 4. The number of carbonyl (C=O) groups is 2. The second-order valence-electron chi connectivity index (χ2n) is 8.88. The van der Waals surface area contributed by atoms with E-state index in [4.69, 9.17) is 27.9 Å². The van der Waals surface area contributed by atoms with Gasteiger partial charge in [-0.3, -0.25) is 14.5 Å². The molecule has 1 saturated heterocycles. The molecule has 9 heteroatoms. The van der Waals surface area contributed by atoms with E-state index in [1.807, 2.05) is 25.7 Å². The highest BCUT2D eigenvalue weighted by Crippen LogP contribution is 2.22. The number of alkyl halides is 1. The van der Waals surface area contributed by atoms with E-state index in [2.05, 4.69) is 5.32 Å². The van der Waals surface area contributed by atoms with E-state index < -0.39 is 6.17 Å². The van der Waals surface area contributed by atoms with Gasteiger partial charge in [0.05, 0.1) is 13.2 Å². The lowest BCUT2D eigenvalue weighted by molar-refractivity contribution is -0.138. The Bertz CT molecular complexity index is 753. The van der Waals surface area contributed by atoms with Gasteiger partial charge in [0.1, 0.15) is 6.17 Å². The Hall–Kier alpha value is -1.41. The van der Waals surface area contributed by atoms with Crippen LogP contribution in [0.25, 0.3) is 0 Å². The van der Waals surface area contributed by atoms with Crippen LogP contribution < -0.4 is 5.32 Å². The van der Waals surface area contributed by atoms with Crippen molar-refractivity contribution in [3.63, 3.8) is 0 Å². The fourth-order valence-electron chi connectivity index (χ4n) is 3.69. The summed E-state index contributed by atoms with van der Waals surface area (Å²) in [5, 5.41) is 3.51. The molecule has 0 saturated carbocycles. The van der Waals surface area contributed by atoms with Crippen molar-refractivity contribution in [2.24, 2.45) is 5.92 Å². The number of halogens is 3. The molecule has 1 aromatic rings. The molecule has 1 fully saturated rings. The smallest absolute Gasteiger partial charge is 0.251 e. The van der Waals surface area contributed by atoms with Gasteiger partial charge in [-0.25, -0.2) is 4.39 Å². The third-order valence-electron chi connectivity index (χ3n) is 5.40. The number of methoxy groups -OCH3 is 1. The molecule has 1 aromatic carbocycles. The van der Waals surface area contributed by atoms with Gasteiger partial charge in [0.2, 0.25) is 5.91 Å². The molecule has 0 aliphatic carbocycles. The summed E-state index contributed by atoms with van der Waals surface area (Å²) < 4.78 is 19.9. The lowest BCUT2D eigenvalue weighted by Crippen LogP contribution is -2.53. The standard InChI is InChI=1S/C22H32Cl2FN3O3/c1-22(2,3)28(7-8-31-4)20(29)14-27-6-5-15(19(25)13-27)12-26-21(30)16-9-17(23)11-18(24)10-16/h9-11,15,19H,5-8,12-14H2,1-4H3,(H,26,30)/t15-,19-/m1/s1. The molecule has 0 unspecified atom stereocenters. The predicted molar refractivity (Wildman–Crippen MR) is 122 cm³/mol. The molecular weight excluding hydrogens is 444 g/mol. The largest absolute Gasteiger partial charge is 0.383 e. The van der Waals surface area contributed by atoms with Gasteiger partial charge in [-0.05, 0) is 51.9 Å². The number of amides is 2. The third-order valence-corrected chi connectivity index (χ3v) is 5.83. The molecule has 2 atom stereocenters. The molecule has 1 aliphatic heterocycles. The van der Waals surface area contributed by atoms with E-state index in [-0.39, 0.29) is 42.9 Å². The number of ether oxygens (including phenoxy) is 1. The van der Waals surface area contributed by atoms with Gasteiger partial charge in [-0.15, -0.1) is 0 Å². The van der Waals surface area contributed by atoms with Gasteiger partial charge in [-0.1, -0.05) is 23.2 Å². The van der Waals surface area contributed by atoms with Crippen LogP contribution in [0.3, 0.4) is 0 Å². The SMILES string of the molecule is COCCN(C(=O)CN1CC[C@H](CNC(=O)c2cc(Cl)cc(Cl)c2)[C@H](F)C1)C(C)(C)C. The molecule has 1 N–H and O–H groups in total. The number of piperidine rings is 1. The maximum Gasteiger partial charge on any atom is 0.251 e. The maximum atomic E-state index is 14.8. The number of carbonyl (C=O) groups excluding carboxylic acids is 2. The minimum Gasteiger partial charge on any atom is -0.383 e. The van der Waals surface area contributed by atoms with E-state index in [0.717, 1.165) is 0 Å². The fraction of sp³-hybridized carbons (Fsp3) is 0.636. The summed E-state index contributed by atoms with van der Waals surface area (Å²) >= 11 is 11.9. The van der Waals surface area contributed by atoms with Crippen LogP contribution >= 0.6 is 23.2 Å². The summed E-state index contributed by atoms with van der Waals surface area (Å²) in [4.78, 5) is 28.8. The van der Waals surface area contributed by atoms with Crippen LogP contribution in [0.4, 0.5) is 4.39 Å². The number of hydrogen-bond donors (Lipinski definition) is 1. The van der Waals surface area contributed by atoms with E-state index in [1.165, 1.54) is 12.1 Å². The number of nitrogens with one attached hydrogen (secondary N) is 1. The van der Waals surface area contributed by atoms with Crippen molar-refractivity contribution >= 4 is 35.0 Å². The molecule has 2 rings (SSSR count). The number of rotatable bonds is 8. The highest BCUT2D eigenvalue weighted by molar-refractivity contribution is 6.35. The molecule has 174 valence electrons. The highest BCUT2D eigenvalue weighted by atomic mass is 35.5. The van der Waals surface area contributed by atoms with Crippen molar-refractivity contribution in [1.82, 2.24) is 15.1 Å². The molecule has 0 spiro atoms. The molecule has 1 aliphatic rings. The van der Waals surface area contributed by atoms with Gasteiger partial charge in [0, 0.05) is 53.8 Å². The molecule has 1 heterocycles. The Balaban J connectivity index is 1.86. The summed E-state index contributed by atoms with van der Waals surface area (Å²) in [5.41, 5.74) is 0.00518. The normalized spacial score (nSPS) is 19.8. The fourth-order valence-corrected chi connectivity index (χ4v) is 4.22. The molecule has 0 bridgehead atoms. The summed E-state index contributed by atoms with van der Waals surface area (Å²) in [7, 11) is 1.60. The summed E-state index contributed by atoms with van der Waals surface area (Å²) in [6.07, 6.45) is -0.578. The average Bonchev–Trinajstić information content (AvgIpc) is 2.65. The van der Waals surface area contributed by atoms with Crippen LogP contribution in [0.2, 0.25) is 10.0 Å². The molecule has 0 radical (unpaired) electrons. The Morgan fingerprint density at radius 1 is 1.26 bits per heavy atom. The minimum absolute atomic E-state index is 0.0404. The number of likely N-dealkylation sites (tertiary alicyclic amines) is 1. The van der Waals surface area contributed by atoms with Crippen molar-refractivity contribution < 1.29 is 18.7 Å². The lowest BCUT2D eigenvalue weighted by atomic mass is 9.94. The van der Waals surface area contributed by atoms with E-state index in [0.29, 0.717) is 41.7 Å². The first kappa shape index (κ1) is 25.8. The Morgan fingerprint density at radius 3 is 2.45 bits per heavy atom. The summed E-state index contributed by atoms with van der Waals surface area (Å²) in [6, 6.07) is 4.59. The third kappa shape index (κ3) is 7.90. The Labute approximate surface area is 194 Å². The molecule has 31 heavy (non-hydrogen) atoms. The van der Waals surface area contributed by atoms with Crippen molar-refractivity contribution in [1.29, 1.82) is 0 Å². The van der Waals surface area contributed by atoms with Crippen LogP contribution in [0.1, 0.15) is 37.6 Å². The van der Waals surface area contributed by atoms with Crippen molar-refractivity contribution in [3.05, 3.63) is 33.8 Å². The Kier molecular flexibility index (Phi) is 9.55. The van der Waals surface area contributed by atoms with Crippen LogP contribution in [-0.2, 0) is 9.53 Å². The highest BCUT2D eigenvalue weighted by Gasteiger charge is 2.33. The van der Waals surface area contributed by atoms with Crippen molar-refractivity contribution in [2.45, 2.75) is 38.9 Å². The van der Waals surface area contributed by atoms with Crippen molar-refractivity contribution in [3.8, 4) is 0 Å². The first-order valence-electron chi connectivity index (χ1n) is 10.4. The van der Waals surface area contributed by atoms with Gasteiger partial charge in [0.15, 0.2) is 0 Å². The molecule has 2 amide bonds.